The molecule has 13 nitrogen and oxygen atoms in total. The van der Waals surface area contributed by atoms with Gasteiger partial charge in [0.1, 0.15) is 35.8 Å². The molecule has 2 fully saturated rings. The van der Waals surface area contributed by atoms with Crippen LogP contribution in [0.3, 0.4) is 0 Å². The predicted molar refractivity (Wildman–Crippen MR) is 224 cm³/mol. The number of amides is 2. The minimum absolute atomic E-state index is 0.0465. The van der Waals surface area contributed by atoms with Crippen molar-refractivity contribution in [2.45, 2.75) is 61.9 Å². The fourth-order valence-electron chi connectivity index (χ4n) is 9.63. The number of nitro groups is 1. The summed E-state index contributed by atoms with van der Waals surface area (Å²) >= 11 is 0. The molecule has 310 valence electrons. The van der Waals surface area contributed by atoms with E-state index in [4.69, 9.17) is 9.47 Å². The van der Waals surface area contributed by atoms with Crippen LogP contribution in [-0.4, -0.2) is 50.0 Å². The normalized spacial score (nSPS) is 24.0. The van der Waals surface area contributed by atoms with E-state index in [0.717, 1.165) is 36.2 Å². The fourth-order valence-corrected chi connectivity index (χ4v) is 9.63. The number of carbonyl (C=O) groups is 4. The topological polar surface area (TPSA) is 177 Å². The van der Waals surface area contributed by atoms with Gasteiger partial charge in [0.2, 0.25) is 5.91 Å². The van der Waals surface area contributed by atoms with Gasteiger partial charge in [-0.1, -0.05) is 90.7 Å². The van der Waals surface area contributed by atoms with Crippen LogP contribution >= 0.6 is 0 Å². The highest BCUT2D eigenvalue weighted by Crippen LogP contribution is 2.66. The van der Waals surface area contributed by atoms with Crippen LogP contribution in [0.2, 0.25) is 0 Å². The number of anilines is 1. The summed E-state index contributed by atoms with van der Waals surface area (Å²) in [7, 11) is 0. The van der Waals surface area contributed by atoms with Crippen LogP contribution in [0.15, 0.2) is 139 Å². The summed E-state index contributed by atoms with van der Waals surface area (Å²) in [6, 6.07) is 30.8. The predicted octanol–water partition coefficient (Wildman–Crippen LogP) is 8.24. The van der Waals surface area contributed by atoms with Crippen LogP contribution in [0.1, 0.15) is 77.3 Å². The largest absolute Gasteiger partial charge is 0.508 e. The summed E-state index contributed by atoms with van der Waals surface area (Å²) in [6.45, 7) is -0.374. The Bertz CT molecular complexity index is 2690. The first-order valence-electron chi connectivity index (χ1n) is 20.3. The smallest absolute Gasteiger partial charge is 0.421 e. The van der Waals surface area contributed by atoms with Crippen LogP contribution in [0, 0.1) is 27.9 Å². The van der Waals surface area contributed by atoms with Crippen molar-refractivity contribution < 1.29 is 43.8 Å². The molecule has 5 aromatic carbocycles. The lowest BCUT2D eigenvalue weighted by Gasteiger charge is -2.46. The van der Waals surface area contributed by atoms with E-state index >= 15 is 4.79 Å². The van der Waals surface area contributed by atoms with Gasteiger partial charge in [0.05, 0.1) is 22.7 Å². The highest BCUT2D eigenvalue weighted by Gasteiger charge is 2.76. The highest BCUT2D eigenvalue weighted by atomic mass is 16.6. The number of aliphatic carboxylic acids is 1. The number of allylic oxidation sites excluding steroid dienone is 2. The molecular formula is C49H39N3O10. The zero-order valence-electron chi connectivity index (χ0n) is 33.1. The number of non-ortho nitro benzene ring substituents is 1. The number of carboxylic acids is 1. The number of fused-ring (bicyclic) bond motifs is 3. The number of rotatable bonds is 7. The first-order chi connectivity index (χ1) is 30.1. The Kier molecular flexibility index (Phi) is 10.4. The number of nitrogens with zero attached hydrogens (tertiary/aromatic N) is 3. The third-order valence-electron chi connectivity index (χ3n) is 12.3. The second-order valence-corrected chi connectivity index (χ2v) is 15.8. The number of hydrogen-bond donors (Lipinski definition) is 2. The number of aromatic hydroxyl groups is 1. The second-order valence-electron chi connectivity index (χ2n) is 15.8. The van der Waals surface area contributed by atoms with Crippen LogP contribution in [-0.2, 0) is 35.9 Å². The second kappa shape index (κ2) is 16.1. The molecule has 2 amide bonds. The molecule has 4 aliphatic rings. The number of hydrogen-bond acceptors (Lipinski definition) is 10. The Morgan fingerprint density at radius 3 is 2.18 bits per heavy atom. The molecule has 0 aromatic heterocycles. The van der Waals surface area contributed by atoms with Crippen molar-refractivity contribution >= 4 is 35.3 Å². The van der Waals surface area contributed by atoms with Crippen molar-refractivity contribution in [1.82, 2.24) is 4.90 Å². The van der Waals surface area contributed by atoms with Crippen molar-refractivity contribution in [3.8, 4) is 17.6 Å². The zero-order chi connectivity index (χ0) is 43.1. The van der Waals surface area contributed by atoms with E-state index in [1.165, 1.54) is 42.5 Å². The molecule has 5 aromatic rings. The number of carboxylic acid groups (broad SMARTS) is 1. The van der Waals surface area contributed by atoms with E-state index < -0.39 is 64.4 Å². The highest BCUT2D eigenvalue weighted by molar-refractivity contribution is 6.23. The molecule has 2 saturated heterocycles. The van der Waals surface area contributed by atoms with E-state index in [1.807, 2.05) is 60.7 Å². The van der Waals surface area contributed by atoms with Gasteiger partial charge >= 0.3 is 18.0 Å². The maximum Gasteiger partial charge on any atom is 0.421 e. The first kappa shape index (κ1) is 39.9. The number of esters is 1. The number of imide groups is 1. The van der Waals surface area contributed by atoms with Gasteiger partial charge < -0.3 is 19.7 Å². The van der Waals surface area contributed by atoms with Gasteiger partial charge in [0.15, 0.2) is 0 Å². The zero-order valence-corrected chi connectivity index (χ0v) is 33.1. The number of benzene rings is 5. The summed E-state index contributed by atoms with van der Waals surface area (Å²) in [4.78, 5) is 72.6. The maximum absolute atomic E-state index is 15.9. The monoisotopic (exact) mass is 829 g/mol. The lowest BCUT2D eigenvalue weighted by molar-refractivity contribution is -0.384. The Labute approximate surface area is 356 Å². The molecule has 6 atom stereocenters. The molecular weight excluding hydrogens is 791 g/mol. The van der Waals surface area contributed by atoms with Crippen molar-refractivity contribution in [2.75, 3.05) is 4.90 Å². The number of phenolic OH excluding ortho intramolecular Hbond substituents is 1. The van der Waals surface area contributed by atoms with E-state index in [-0.39, 0.29) is 29.3 Å². The first-order valence-corrected chi connectivity index (χ1v) is 20.3. The number of morpholine rings is 1. The average Bonchev–Trinajstić information content (AvgIpc) is 3.75. The van der Waals surface area contributed by atoms with Gasteiger partial charge in [-0.2, -0.15) is 0 Å². The molecule has 13 heteroatoms. The molecule has 0 radical (unpaired) electrons. The van der Waals surface area contributed by atoms with Gasteiger partial charge in [-0.05, 0) is 102 Å². The van der Waals surface area contributed by atoms with Crippen molar-refractivity contribution in [3.63, 3.8) is 0 Å². The fraction of sp³-hybridized carbons (Fsp3) is 0.224. The molecule has 9 rings (SSSR count). The third kappa shape index (κ3) is 6.74. The summed E-state index contributed by atoms with van der Waals surface area (Å²) in [5.41, 5.74) is 1.34. The van der Waals surface area contributed by atoms with Crippen LogP contribution in [0.25, 0.3) is 0 Å². The number of nitro benzene ring substituents is 1. The molecule has 62 heavy (non-hydrogen) atoms. The van der Waals surface area contributed by atoms with Crippen LogP contribution < -0.4 is 4.90 Å². The van der Waals surface area contributed by atoms with Gasteiger partial charge in [-0.25, -0.2) is 9.69 Å². The van der Waals surface area contributed by atoms with Crippen LogP contribution in [0.5, 0.6) is 5.75 Å². The van der Waals surface area contributed by atoms with Gasteiger partial charge in [0.25, 0.3) is 5.69 Å². The Morgan fingerprint density at radius 2 is 1.53 bits per heavy atom. The van der Waals surface area contributed by atoms with Gasteiger partial charge in [-0.3, -0.25) is 29.4 Å². The van der Waals surface area contributed by atoms with E-state index in [2.05, 4.69) is 17.9 Å². The van der Waals surface area contributed by atoms with Gasteiger partial charge in [0, 0.05) is 17.7 Å². The van der Waals surface area contributed by atoms with Crippen molar-refractivity contribution in [3.05, 3.63) is 183 Å². The summed E-state index contributed by atoms with van der Waals surface area (Å²) in [5.74, 6) is 1.24. The summed E-state index contributed by atoms with van der Waals surface area (Å²) in [5, 5.41) is 33.3. The molecule has 0 unspecified atom stereocenters. The Morgan fingerprint density at radius 1 is 0.839 bits per heavy atom. The number of carbonyl (C=O) groups excluding carboxylic acids is 3. The minimum atomic E-state index is -2.20. The Hall–Kier alpha value is -7.56. The molecule has 1 aliphatic carbocycles. The maximum atomic E-state index is 15.9. The van der Waals surface area contributed by atoms with E-state index in [1.54, 1.807) is 29.2 Å². The SMILES string of the molecule is O=C1O[C@H](c2ccccc2)[C@H](c2ccccc2)N2[C@H]1[C@@H](C(=O)O)[C@]1(C(=O)N(C(=O)OCc3ccc([N+](=O)[O-])cc3)c3ccc(C#CC4=CCCCC4)cc31)[C@H]2c1ccc(O)cc1. The number of phenols is 1. The molecule has 0 bridgehead atoms. The minimum Gasteiger partial charge on any atom is -0.508 e. The molecule has 3 aliphatic heterocycles. The van der Waals surface area contributed by atoms with E-state index in [9.17, 15) is 34.7 Å². The summed E-state index contributed by atoms with van der Waals surface area (Å²) < 4.78 is 12.0. The number of cyclic esters (lactones) is 1. The quantitative estimate of drug-likeness (QED) is 0.0699. The van der Waals surface area contributed by atoms with Crippen molar-refractivity contribution in [1.29, 1.82) is 0 Å². The Balaban J connectivity index is 1.27. The molecule has 1 spiro atoms. The third-order valence-corrected chi connectivity index (χ3v) is 12.3. The van der Waals surface area contributed by atoms with Crippen molar-refractivity contribution in [2.24, 2.45) is 5.92 Å². The average molecular weight is 830 g/mol. The molecule has 3 heterocycles. The van der Waals surface area contributed by atoms with E-state index in [0.29, 0.717) is 27.8 Å². The summed E-state index contributed by atoms with van der Waals surface area (Å²) in [6.07, 6.45) is 3.76. The lowest BCUT2D eigenvalue weighted by atomic mass is 9.65. The standard InChI is InChI=1S/C49H39N3O10/c53-37-25-21-35(22-26-37)44-49(40(45(54)55)42-46(56)62-43(34-14-8-3-9-15-34)41(51(42)44)33-12-6-2-7-13-33)38-28-31(17-16-30-10-4-1-5-11-30)20-27-39(38)50(47(49)57)48(58)61-29-32-18-23-36(24-19-32)52(59)60/h2-3,6-10,12-15,18-28,40-44,53H,1,4-5,11,29H2,(H,54,55)/t40-,41-,42-,43+,44+,49-/m0/s1. The lowest BCUT2D eigenvalue weighted by Crippen LogP contribution is -2.53. The molecule has 0 saturated carbocycles. The van der Waals surface area contributed by atoms with Gasteiger partial charge in [-0.15, -0.1) is 0 Å². The van der Waals surface area contributed by atoms with Crippen LogP contribution in [0.4, 0.5) is 16.2 Å². The molecule has 2 N–H and O–H groups in total. The number of ether oxygens (including phenoxy) is 2.